The maximum atomic E-state index is 9.89. The molecule has 13 heavy (non-hydrogen) atoms. The molecule has 0 spiro atoms. The second-order valence-corrected chi connectivity index (χ2v) is 4.53. The first-order valence-corrected chi connectivity index (χ1v) is 4.52. The molecule has 0 saturated heterocycles. The van der Waals surface area contributed by atoms with Gasteiger partial charge >= 0.3 is 0 Å². The van der Waals surface area contributed by atoms with E-state index in [9.17, 15) is 5.11 Å². The number of aliphatic hydroxyl groups is 1. The van der Waals surface area contributed by atoms with Crippen molar-refractivity contribution in [2.45, 2.75) is 33.8 Å². The van der Waals surface area contributed by atoms with Crippen LogP contribution in [-0.4, -0.2) is 10.1 Å². The van der Waals surface area contributed by atoms with Gasteiger partial charge in [0.05, 0.1) is 5.69 Å². The maximum absolute atomic E-state index is 9.89. The molecule has 1 rings (SSSR count). The Labute approximate surface area is 79.6 Å². The first-order valence-electron chi connectivity index (χ1n) is 4.52. The van der Waals surface area contributed by atoms with Gasteiger partial charge in [0.1, 0.15) is 6.10 Å². The second kappa shape index (κ2) is 3.46. The predicted molar refractivity (Wildman–Crippen MR) is 53.4 cm³/mol. The van der Waals surface area contributed by atoms with E-state index in [0.29, 0.717) is 0 Å². The third-order valence-electron chi connectivity index (χ3n) is 2.03. The summed E-state index contributed by atoms with van der Waals surface area (Å²) in [5.41, 5.74) is 1.71. The number of aromatic nitrogens is 1. The second-order valence-electron chi connectivity index (χ2n) is 4.53. The molecule has 0 fully saturated rings. The zero-order valence-corrected chi connectivity index (χ0v) is 8.70. The lowest BCUT2D eigenvalue weighted by Crippen LogP contribution is -2.18. The third-order valence-corrected chi connectivity index (χ3v) is 2.03. The Kier molecular flexibility index (Phi) is 2.71. The number of hydrogen-bond donors (Lipinski definition) is 1. The summed E-state index contributed by atoms with van der Waals surface area (Å²) in [6, 6.07) is 3.85. The summed E-state index contributed by atoms with van der Waals surface area (Å²) in [5.74, 6) is 0. The molecular formula is C11H17NO. The zero-order chi connectivity index (χ0) is 10.1. The van der Waals surface area contributed by atoms with Crippen LogP contribution in [0.1, 0.15) is 38.1 Å². The van der Waals surface area contributed by atoms with Crippen LogP contribution in [0.4, 0.5) is 0 Å². The fourth-order valence-corrected chi connectivity index (χ4v) is 1.08. The highest BCUT2D eigenvalue weighted by Crippen LogP contribution is 2.30. The molecule has 1 N–H and O–H groups in total. The van der Waals surface area contributed by atoms with Gasteiger partial charge in [-0.3, -0.25) is 4.98 Å². The topological polar surface area (TPSA) is 33.1 Å². The van der Waals surface area contributed by atoms with Gasteiger partial charge in [-0.25, -0.2) is 0 Å². The number of pyridine rings is 1. The highest BCUT2D eigenvalue weighted by molar-refractivity contribution is 5.15. The summed E-state index contributed by atoms with van der Waals surface area (Å²) in [5, 5.41) is 9.89. The quantitative estimate of drug-likeness (QED) is 0.718. The van der Waals surface area contributed by atoms with Crippen molar-refractivity contribution in [3.05, 3.63) is 29.6 Å². The monoisotopic (exact) mass is 179 g/mol. The van der Waals surface area contributed by atoms with E-state index in [4.69, 9.17) is 0 Å². The average molecular weight is 179 g/mol. The molecule has 1 heterocycles. The summed E-state index contributed by atoms with van der Waals surface area (Å²) in [6.45, 7) is 7.98. The SMILES string of the molecule is Cc1ccc(C(O)C(C)(C)C)nc1. The van der Waals surface area contributed by atoms with E-state index in [2.05, 4.69) is 4.98 Å². The van der Waals surface area contributed by atoms with Crippen molar-refractivity contribution >= 4 is 0 Å². The Hall–Kier alpha value is -0.890. The molecule has 0 saturated carbocycles. The van der Waals surface area contributed by atoms with Crippen molar-refractivity contribution in [2.24, 2.45) is 5.41 Å². The Morgan fingerprint density at radius 1 is 1.31 bits per heavy atom. The van der Waals surface area contributed by atoms with Crippen LogP contribution in [0, 0.1) is 12.3 Å². The average Bonchev–Trinajstić information content (AvgIpc) is 2.03. The van der Waals surface area contributed by atoms with Gasteiger partial charge in [-0.1, -0.05) is 26.8 Å². The Bertz CT molecular complexity index is 271. The number of nitrogens with zero attached hydrogens (tertiary/aromatic N) is 1. The lowest BCUT2D eigenvalue weighted by Gasteiger charge is -2.25. The van der Waals surface area contributed by atoms with Gasteiger partial charge < -0.3 is 5.11 Å². The van der Waals surface area contributed by atoms with Gasteiger partial charge in [-0.15, -0.1) is 0 Å². The van der Waals surface area contributed by atoms with Gasteiger partial charge in [-0.2, -0.15) is 0 Å². The normalized spacial score (nSPS) is 14.2. The Morgan fingerprint density at radius 2 is 1.92 bits per heavy atom. The standard InChI is InChI=1S/C11H17NO/c1-8-5-6-9(12-7-8)10(13)11(2,3)4/h5-7,10,13H,1-4H3. The van der Waals surface area contributed by atoms with Crippen molar-refractivity contribution < 1.29 is 5.11 Å². The molecule has 0 bridgehead atoms. The number of aryl methyl sites for hydroxylation is 1. The van der Waals surface area contributed by atoms with E-state index < -0.39 is 6.10 Å². The van der Waals surface area contributed by atoms with Crippen LogP contribution in [0.25, 0.3) is 0 Å². The molecule has 1 aromatic heterocycles. The van der Waals surface area contributed by atoms with Gasteiger partial charge in [0.2, 0.25) is 0 Å². The molecule has 0 aliphatic rings. The highest BCUT2D eigenvalue weighted by atomic mass is 16.3. The van der Waals surface area contributed by atoms with E-state index in [1.54, 1.807) is 6.20 Å². The zero-order valence-electron chi connectivity index (χ0n) is 8.70. The van der Waals surface area contributed by atoms with Crippen LogP contribution >= 0.6 is 0 Å². The minimum absolute atomic E-state index is 0.151. The van der Waals surface area contributed by atoms with Crippen LogP contribution in [0.2, 0.25) is 0 Å². The van der Waals surface area contributed by atoms with E-state index in [0.717, 1.165) is 11.3 Å². The lowest BCUT2D eigenvalue weighted by atomic mass is 9.87. The molecule has 1 unspecified atom stereocenters. The van der Waals surface area contributed by atoms with Crippen molar-refractivity contribution in [1.82, 2.24) is 4.98 Å². The highest BCUT2D eigenvalue weighted by Gasteiger charge is 2.24. The van der Waals surface area contributed by atoms with Gasteiger partial charge in [0.25, 0.3) is 0 Å². The fraction of sp³-hybridized carbons (Fsp3) is 0.545. The molecule has 0 aromatic carbocycles. The fourth-order valence-electron chi connectivity index (χ4n) is 1.08. The van der Waals surface area contributed by atoms with Crippen molar-refractivity contribution in [2.75, 3.05) is 0 Å². The van der Waals surface area contributed by atoms with Crippen LogP contribution in [0.5, 0.6) is 0 Å². The first kappa shape index (κ1) is 10.2. The lowest BCUT2D eigenvalue weighted by molar-refractivity contribution is 0.0589. The first-order chi connectivity index (χ1) is 5.91. The van der Waals surface area contributed by atoms with Crippen molar-refractivity contribution in [3.8, 4) is 0 Å². The van der Waals surface area contributed by atoms with Crippen LogP contribution in [-0.2, 0) is 0 Å². The minimum Gasteiger partial charge on any atom is -0.386 e. The summed E-state index contributed by atoms with van der Waals surface area (Å²) >= 11 is 0. The largest absolute Gasteiger partial charge is 0.386 e. The van der Waals surface area contributed by atoms with E-state index in [-0.39, 0.29) is 5.41 Å². The number of aliphatic hydroxyl groups excluding tert-OH is 1. The Balaban J connectivity index is 2.90. The molecule has 2 heteroatoms. The van der Waals surface area contributed by atoms with E-state index >= 15 is 0 Å². The molecule has 1 aromatic rings. The van der Waals surface area contributed by atoms with Gasteiger partial charge in [0, 0.05) is 6.20 Å². The summed E-state index contributed by atoms with van der Waals surface area (Å²) in [6.07, 6.45) is 1.29. The Morgan fingerprint density at radius 3 is 2.31 bits per heavy atom. The maximum Gasteiger partial charge on any atom is 0.101 e. The summed E-state index contributed by atoms with van der Waals surface area (Å²) < 4.78 is 0. The minimum atomic E-state index is -0.493. The van der Waals surface area contributed by atoms with E-state index in [1.165, 1.54) is 0 Å². The summed E-state index contributed by atoms with van der Waals surface area (Å²) in [7, 11) is 0. The molecule has 0 radical (unpaired) electrons. The molecule has 0 aliphatic heterocycles. The van der Waals surface area contributed by atoms with Gasteiger partial charge in [0.15, 0.2) is 0 Å². The van der Waals surface area contributed by atoms with Gasteiger partial charge in [-0.05, 0) is 24.0 Å². The van der Waals surface area contributed by atoms with E-state index in [1.807, 2.05) is 39.8 Å². The number of rotatable bonds is 1. The third kappa shape index (κ3) is 2.52. The molecule has 2 nitrogen and oxygen atoms in total. The van der Waals surface area contributed by atoms with Crippen LogP contribution < -0.4 is 0 Å². The summed E-state index contributed by atoms with van der Waals surface area (Å²) in [4.78, 5) is 4.19. The van der Waals surface area contributed by atoms with Crippen molar-refractivity contribution in [3.63, 3.8) is 0 Å². The molecular weight excluding hydrogens is 162 g/mol. The molecule has 0 amide bonds. The van der Waals surface area contributed by atoms with Crippen LogP contribution in [0.15, 0.2) is 18.3 Å². The molecule has 0 aliphatic carbocycles. The molecule has 1 atom stereocenters. The smallest absolute Gasteiger partial charge is 0.101 e. The predicted octanol–water partition coefficient (Wildman–Crippen LogP) is 2.47. The van der Waals surface area contributed by atoms with Crippen LogP contribution in [0.3, 0.4) is 0 Å². The van der Waals surface area contributed by atoms with Crippen molar-refractivity contribution in [1.29, 1.82) is 0 Å². The number of hydrogen-bond acceptors (Lipinski definition) is 2. The molecule has 72 valence electrons.